The van der Waals surface area contributed by atoms with E-state index in [-0.39, 0.29) is 0 Å². The maximum absolute atomic E-state index is 3.70. The van der Waals surface area contributed by atoms with E-state index in [4.69, 9.17) is 0 Å². The summed E-state index contributed by atoms with van der Waals surface area (Å²) in [4.78, 5) is 0. The molecule has 0 aromatic rings. The second kappa shape index (κ2) is 5.82. The molecule has 0 heteroatoms. The van der Waals surface area contributed by atoms with Crippen LogP contribution in [0.5, 0.6) is 0 Å². The van der Waals surface area contributed by atoms with E-state index in [9.17, 15) is 0 Å². The highest BCUT2D eigenvalue weighted by Crippen LogP contribution is 2.19. The first-order valence-corrected chi connectivity index (χ1v) is 4.53. The number of hydrogen-bond donors (Lipinski definition) is 0. The fourth-order valence-corrected chi connectivity index (χ4v) is 1.06. The summed E-state index contributed by atoms with van der Waals surface area (Å²) in [5, 5.41) is 0. The third-order valence-electron chi connectivity index (χ3n) is 2.43. The third-order valence-corrected chi connectivity index (χ3v) is 2.43. The Morgan fingerprint density at radius 2 is 1.92 bits per heavy atom. The molecule has 68 valence electrons. The molecule has 1 unspecified atom stereocenters. The Labute approximate surface area is 76.7 Å². The number of hydrogen-bond acceptors (Lipinski definition) is 0. The van der Waals surface area contributed by atoms with Crippen LogP contribution in [-0.4, -0.2) is 0 Å². The number of rotatable bonds is 4. The summed E-state index contributed by atoms with van der Waals surface area (Å²) in [6.07, 6.45) is 7.33. The molecule has 0 aromatic heterocycles. The van der Waals surface area contributed by atoms with Gasteiger partial charge in [-0.3, -0.25) is 0 Å². The first-order chi connectivity index (χ1) is 5.63. The van der Waals surface area contributed by atoms with Crippen molar-refractivity contribution in [3.05, 3.63) is 36.0 Å². The largest absolute Gasteiger partial charge is 0.103 e. The Kier molecular flexibility index (Phi) is 5.44. The maximum Gasteiger partial charge on any atom is -0.00270 e. The van der Waals surface area contributed by atoms with Crippen molar-refractivity contribution in [1.82, 2.24) is 0 Å². The van der Waals surface area contributed by atoms with E-state index in [0.717, 1.165) is 6.42 Å². The van der Waals surface area contributed by atoms with Gasteiger partial charge in [0.15, 0.2) is 0 Å². The van der Waals surface area contributed by atoms with Crippen LogP contribution in [0.25, 0.3) is 0 Å². The van der Waals surface area contributed by atoms with E-state index in [1.807, 2.05) is 6.08 Å². The minimum atomic E-state index is 0.579. The van der Waals surface area contributed by atoms with Gasteiger partial charge in [0, 0.05) is 0 Å². The summed E-state index contributed by atoms with van der Waals surface area (Å²) < 4.78 is 0. The van der Waals surface area contributed by atoms with Gasteiger partial charge in [-0.25, -0.2) is 0 Å². The van der Waals surface area contributed by atoms with Gasteiger partial charge in [-0.05, 0) is 33.1 Å². The van der Waals surface area contributed by atoms with Gasteiger partial charge < -0.3 is 0 Å². The van der Waals surface area contributed by atoms with Gasteiger partial charge in [0.2, 0.25) is 0 Å². The Morgan fingerprint density at radius 1 is 1.33 bits per heavy atom. The monoisotopic (exact) mass is 164 g/mol. The Morgan fingerprint density at radius 3 is 2.33 bits per heavy atom. The van der Waals surface area contributed by atoms with Gasteiger partial charge in [0.25, 0.3) is 0 Å². The van der Waals surface area contributed by atoms with Crippen LogP contribution in [0.2, 0.25) is 0 Å². The van der Waals surface area contributed by atoms with Crippen molar-refractivity contribution in [2.24, 2.45) is 5.92 Å². The SMILES string of the molecule is C=CC/C=C(\C)C(C)/C(C)=C/C. The molecule has 0 bridgehead atoms. The average molecular weight is 164 g/mol. The van der Waals surface area contributed by atoms with Crippen molar-refractivity contribution in [2.45, 2.75) is 34.1 Å². The van der Waals surface area contributed by atoms with Crippen LogP contribution in [0, 0.1) is 5.92 Å². The van der Waals surface area contributed by atoms with E-state index in [0.29, 0.717) is 5.92 Å². The molecule has 1 atom stereocenters. The van der Waals surface area contributed by atoms with Crippen molar-refractivity contribution < 1.29 is 0 Å². The second-order valence-corrected chi connectivity index (χ2v) is 3.23. The standard InChI is InChI=1S/C12H20/c1-6-8-9-11(4)12(5)10(3)7-2/h6-7,9,12H,1,8H2,2-5H3/b10-7+,11-9+. The third kappa shape index (κ3) is 3.56. The summed E-state index contributed by atoms with van der Waals surface area (Å²) in [6.45, 7) is 12.4. The lowest BCUT2D eigenvalue weighted by Gasteiger charge is -2.12. The van der Waals surface area contributed by atoms with Crippen molar-refractivity contribution in [3.8, 4) is 0 Å². The van der Waals surface area contributed by atoms with Crippen molar-refractivity contribution in [3.63, 3.8) is 0 Å². The molecule has 0 saturated carbocycles. The highest BCUT2D eigenvalue weighted by Gasteiger charge is 2.03. The van der Waals surface area contributed by atoms with E-state index in [2.05, 4.69) is 46.4 Å². The van der Waals surface area contributed by atoms with Gasteiger partial charge in [0.1, 0.15) is 0 Å². The zero-order valence-corrected chi connectivity index (χ0v) is 8.72. The molecule has 0 radical (unpaired) electrons. The quantitative estimate of drug-likeness (QED) is 0.548. The molecule has 0 nitrogen and oxygen atoms in total. The van der Waals surface area contributed by atoms with Gasteiger partial charge in [-0.2, -0.15) is 0 Å². The van der Waals surface area contributed by atoms with Gasteiger partial charge in [0.05, 0.1) is 0 Å². The molecule has 12 heavy (non-hydrogen) atoms. The molecule has 0 aliphatic carbocycles. The van der Waals surface area contributed by atoms with Gasteiger partial charge in [-0.1, -0.05) is 36.3 Å². The molecule has 0 amide bonds. The van der Waals surface area contributed by atoms with Gasteiger partial charge in [-0.15, -0.1) is 6.58 Å². The molecular weight excluding hydrogens is 144 g/mol. The zero-order chi connectivity index (χ0) is 9.56. The molecule has 0 aliphatic heterocycles. The molecule has 0 rings (SSSR count). The second-order valence-electron chi connectivity index (χ2n) is 3.23. The summed E-state index contributed by atoms with van der Waals surface area (Å²) in [6, 6.07) is 0. The Bertz CT molecular complexity index is 194. The molecule has 0 N–H and O–H groups in total. The minimum Gasteiger partial charge on any atom is -0.103 e. The molecule has 0 aromatic carbocycles. The van der Waals surface area contributed by atoms with Crippen molar-refractivity contribution >= 4 is 0 Å². The lowest BCUT2D eigenvalue weighted by molar-refractivity contribution is 0.793. The van der Waals surface area contributed by atoms with E-state index in [1.165, 1.54) is 11.1 Å². The van der Waals surface area contributed by atoms with E-state index < -0.39 is 0 Å². The van der Waals surface area contributed by atoms with Crippen molar-refractivity contribution in [2.75, 3.05) is 0 Å². The maximum atomic E-state index is 3.70. The zero-order valence-electron chi connectivity index (χ0n) is 8.72. The summed E-state index contributed by atoms with van der Waals surface area (Å²) in [7, 11) is 0. The first-order valence-electron chi connectivity index (χ1n) is 4.53. The van der Waals surface area contributed by atoms with Crippen molar-refractivity contribution in [1.29, 1.82) is 0 Å². The van der Waals surface area contributed by atoms with Crippen LogP contribution >= 0.6 is 0 Å². The fraction of sp³-hybridized carbons (Fsp3) is 0.500. The van der Waals surface area contributed by atoms with Crippen LogP contribution in [0.15, 0.2) is 36.0 Å². The topological polar surface area (TPSA) is 0 Å². The molecular formula is C12H20. The Balaban J connectivity index is 4.27. The average Bonchev–Trinajstić information content (AvgIpc) is 2.11. The normalized spacial score (nSPS) is 16.0. The first kappa shape index (κ1) is 11.2. The molecule has 0 fully saturated rings. The van der Waals surface area contributed by atoms with Gasteiger partial charge >= 0.3 is 0 Å². The summed E-state index contributed by atoms with van der Waals surface area (Å²) in [5.41, 5.74) is 2.87. The summed E-state index contributed by atoms with van der Waals surface area (Å²) >= 11 is 0. The lowest BCUT2D eigenvalue weighted by atomic mass is 9.94. The lowest BCUT2D eigenvalue weighted by Crippen LogP contribution is -1.97. The molecule has 0 spiro atoms. The van der Waals surface area contributed by atoms with E-state index >= 15 is 0 Å². The smallest absolute Gasteiger partial charge is 0.00270 e. The van der Waals surface area contributed by atoms with Crippen LogP contribution in [-0.2, 0) is 0 Å². The molecule has 0 saturated heterocycles. The fourth-order valence-electron chi connectivity index (χ4n) is 1.06. The van der Waals surface area contributed by atoms with Crippen LogP contribution in [0.3, 0.4) is 0 Å². The molecule has 0 heterocycles. The van der Waals surface area contributed by atoms with Crippen LogP contribution in [0.1, 0.15) is 34.1 Å². The molecule has 0 aliphatic rings. The summed E-state index contributed by atoms with van der Waals surface area (Å²) in [5.74, 6) is 0.579. The van der Waals surface area contributed by atoms with Crippen LogP contribution < -0.4 is 0 Å². The highest BCUT2D eigenvalue weighted by atomic mass is 14.1. The minimum absolute atomic E-state index is 0.579. The highest BCUT2D eigenvalue weighted by molar-refractivity contribution is 5.17. The Hall–Kier alpha value is -0.780. The number of allylic oxidation sites excluding steroid dienone is 5. The van der Waals surface area contributed by atoms with Crippen LogP contribution in [0.4, 0.5) is 0 Å². The predicted octanol–water partition coefficient (Wildman–Crippen LogP) is 4.11. The van der Waals surface area contributed by atoms with E-state index in [1.54, 1.807) is 0 Å². The predicted molar refractivity (Wildman–Crippen MR) is 57.2 cm³/mol.